The van der Waals surface area contributed by atoms with Crippen LogP contribution in [0.15, 0.2) is 127 Å². The van der Waals surface area contributed by atoms with Crippen molar-refractivity contribution in [2.75, 3.05) is 20.7 Å². The number of nitrogens with zero attached hydrogens (tertiary/aromatic N) is 3. The Morgan fingerprint density at radius 3 is 1.51 bits per heavy atom. The van der Waals surface area contributed by atoms with Gasteiger partial charge in [-0.05, 0) is 116 Å². The Balaban J connectivity index is 0.000000327. The summed E-state index contributed by atoms with van der Waals surface area (Å²) in [6, 6.07) is 38.0. The van der Waals surface area contributed by atoms with E-state index in [0.717, 1.165) is 41.7 Å². The monoisotopic (exact) mass is 1120 g/mol. The van der Waals surface area contributed by atoms with Gasteiger partial charge in [0, 0.05) is 63.8 Å². The van der Waals surface area contributed by atoms with E-state index in [0.29, 0.717) is 24.2 Å². The van der Waals surface area contributed by atoms with Crippen LogP contribution in [0.3, 0.4) is 0 Å². The molecule has 1 radical (unpaired) electrons. The predicted octanol–water partition coefficient (Wildman–Crippen LogP) is 8.93. The van der Waals surface area contributed by atoms with Crippen molar-refractivity contribution in [3.05, 3.63) is 150 Å². The first-order valence-electron chi connectivity index (χ1n) is 22.2. The first kappa shape index (κ1) is 50.2. The number of ether oxygens (including phenoxy) is 2. The summed E-state index contributed by atoms with van der Waals surface area (Å²) >= 11 is 0. The van der Waals surface area contributed by atoms with E-state index in [2.05, 4.69) is 21.3 Å². The third kappa shape index (κ3) is 18.7. The number of aliphatic carboxylic acids is 1. The van der Waals surface area contributed by atoms with E-state index in [1.807, 2.05) is 129 Å². The third-order valence-corrected chi connectivity index (χ3v) is 8.79. The number of hydrazine groups is 2. The number of amides is 3. The third-order valence-electron chi connectivity index (χ3n) is 8.79. The Kier molecular flexibility index (Phi) is 20.7. The molecule has 2 aliphatic rings. The van der Waals surface area contributed by atoms with Crippen molar-refractivity contribution in [2.45, 2.75) is 105 Å². The summed E-state index contributed by atoms with van der Waals surface area (Å²) in [6.45, 7) is 16.0. The number of fused-ring (bicyclic) bond motifs is 2. The van der Waals surface area contributed by atoms with Gasteiger partial charge in [-0.25, -0.2) is 14.4 Å². The van der Waals surface area contributed by atoms with Crippen LogP contribution < -0.4 is 31.9 Å². The molecule has 1 unspecified atom stereocenters. The predicted molar refractivity (Wildman–Crippen MR) is 257 cm³/mol. The molecular weight excluding hydrogens is 1050 g/mol. The fourth-order valence-electron chi connectivity index (χ4n) is 6.21. The molecule has 0 bridgehead atoms. The van der Waals surface area contributed by atoms with Gasteiger partial charge in [-0.1, -0.05) is 92.1 Å². The van der Waals surface area contributed by atoms with Gasteiger partial charge in [0.25, 0.3) is 5.91 Å². The van der Waals surface area contributed by atoms with Gasteiger partial charge in [0.05, 0.1) is 24.9 Å². The van der Waals surface area contributed by atoms with Gasteiger partial charge >= 0.3 is 18.2 Å². The van der Waals surface area contributed by atoms with Crippen LogP contribution in [0.25, 0.3) is 0 Å². The van der Waals surface area contributed by atoms with Crippen molar-refractivity contribution >= 4 is 54.6 Å². The van der Waals surface area contributed by atoms with Gasteiger partial charge in [0.15, 0.2) is 0 Å². The van der Waals surface area contributed by atoms with Gasteiger partial charge in [0.1, 0.15) is 23.3 Å². The molecule has 4 aromatic carbocycles. The number of carbonyl (C=O) groups excluding carboxylic acids is 3. The standard InChI is InChI=1S/C20H23N3O3.C14H17NO4.C7H9N.C6H8N2.C2H6B.U/c1-20(2,3)26-19(25)23-16-12-8-7-9-14(16)13-17(23)18(24)22-21-15-10-5-4-6-11-15;1-14(2,3)19-13(18)15-10-7-5-4-6-9(10)8-11(15)12(16)17;1-6-4-3-5-7(2)8-6;7-8-6-4-2-1-3-5-6;1-2-3;/h4-12,17,21H,13H2,1-3H3,(H,22,24);4-7,11H,8H2,1-3H3,(H,16,17);3-5H,1-2H3;1-5,8H,7H2;3H,2H2,1H3;/t17-;11-;;;;/m00..../s1/i;;;;2TD,3T;. The molecule has 0 fully saturated rings. The smallest absolute Gasteiger partial charge is 0.415 e. The maximum Gasteiger partial charge on any atom is 0.415 e. The zero-order valence-corrected chi connectivity index (χ0v) is 42.8. The second-order valence-corrected chi connectivity index (χ2v) is 16.4. The number of carbonyl (C=O) groups is 4. The van der Waals surface area contributed by atoms with E-state index in [4.69, 9.17) is 19.4 Å². The van der Waals surface area contributed by atoms with Crippen molar-refractivity contribution in [3.8, 4) is 0 Å². The van der Waals surface area contributed by atoms with E-state index < -0.39 is 47.7 Å². The number of nitrogens with two attached hydrogens (primary N) is 1. The van der Waals surface area contributed by atoms with Crippen LogP contribution in [0.2, 0.25) is 6.27 Å². The first-order chi connectivity index (χ1) is 31.4. The SMILES string of the molecule is CC(C)(C)OC(=O)N1c2ccccc2C[C@H]1C(=O)NNc1ccccc1.CC(C)(C)OC(=O)N1c2ccccc2C[C@H]1C(=O)O.Cc1cccc(C)n1.NNc1ccccc1.[2H]C([3H])(C)[B][3H].[U]. The summed E-state index contributed by atoms with van der Waals surface area (Å²) in [7, 11) is 0.771. The molecule has 14 nitrogen and oxygen atoms in total. The Bertz CT molecular complexity index is 2350. The summed E-state index contributed by atoms with van der Waals surface area (Å²) in [5, 5.41) is 9.25. The summed E-state index contributed by atoms with van der Waals surface area (Å²) < 4.78 is 30.4. The molecule has 0 aliphatic carbocycles. The molecule has 3 amide bonds. The van der Waals surface area contributed by atoms with Crippen LogP contribution >= 0.6 is 0 Å². The largest absolute Gasteiger partial charge is 0.480 e. The van der Waals surface area contributed by atoms with Gasteiger partial charge in [-0.15, -0.1) is 0 Å². The van der Waals surface area contributed by atoms with Crippen molar-refractivity contribution in [3.63, 3.8) is 0 Å². The summed E-state index contributed by atoms with van der Waals surface area (Å²) in [5.41, 5.74) is 13.8. The average Bonchev–Trinajstić information content (AvgIpc) is 3.86. The second-order valence-electron chi connectivity index (χ2n) is 16.4. The number of anilines is 4. The summed E-state index contributed by atoms with van der Waals surface area (Å²) in [4.78, 5) is 55.8. The first-order valence-corrected chi connectivity index (χ1v) is 20.6. The topological polar surface area (TPSA) is 188 Å². The van der Waals surface area contributed by atoms with Crippen LogP contribution in [0.5, 0.6) is 0 Å². The molecule has 6 N–H and O–H groups in total. The molecule has 0 saturated heterocycles. The number of para-hydroxylation sites is 4. The average molecular weight is 1120 g/mol. The number of nitrogen functional groups attached to an aromatic ring is 1. The van der Waals surface area contributed by atoms with Gasteiger partial charge in [-0.2, -0.15) is 0 Å². The fourth-order valence-corrected chi connectivity index (χ4v) is 6.21. The van der Waals surface area contributed by atoms with Gasteiger partial charge in [-0.3, -0.25) is 36.3 Å². The zero-order valence-electron chi connectivity index (χ0n) is 41.6. The molecule has 1 aromatic heterocycles. The molecule has 0 saturated carbocycles. The van der Waals surface area contributed by atoms with Gasteiger partial charge < -0.3 is 20.0 Å². The number of carboxylic acids is 1. The van der Waals surface area contributed by atoms with Crippen molar-refractivity contribution in [1.82, 2.24) is 10.4 Å². The van der Waals surface area contributed by atoms with Crippen molar-refractivity contribution < 1.29 is 67.6 Å². The van der Waals surface area contributed by atoms with E-state index in [-0.39, 0.29) is 37.0 Å². The number of nitrogens with one attached hydrogen (secondary N) is 3. The van der Waals surface area contributed by atoms with E-state index in [1.165, 1.54) is 16.7 Å². The number of rotatable bonds is 6. The fraction of sp³-hybridized carbons (Fsp3) is 0.327. The zero-order chi connectivity index (χ0) is 50.0. The molecular formula is C49H63BN7O7U. The number of pyridine rings is 1. The number of aryl methyl sites for hydroxylation is 2. The molecule has 0 spiro atoms. The minimum Gasteiger partial charge on any atom is -0.480 e. The van der Waals surface area contributed by atoms with Crippen LogP contribution in [0.1, 0.15) is 73.7 Å². The molecule has 343 valence electrons. The van der Waals surface area contributed by atoms with E-state index >= 15 is 0 Å². The molecule has 7 rings (SSSR count). The molecule has 2 aliphatic heterocycles. The van der Waals surface area contributed by atoms with Crippen molar-refractivity contribution in [1.29, 1.82) is 1.34 Å². The molecule has 65 heavy (non-hydrogen) atoms. The van der Waals surface area contributed by atoms with E-state index in [9.17, 15) is 24.3 Å². The number of hydrogen-bond acceptors (Lipinski definition) is 10. The van der Waals surface area contributed by atoms with Crippen LogP contribution in [0, 0.1) is 45.0 Å². The molecule has 16 heteroatoms. The number of carboxylic acid groups (broad SMARTS) is 1. The van der Waals surface area contributed by atoms with Crippen molar-refractivity contribution in [2.24, 2.45) is 5.84 Å². The minimum absolute atomic E-state index is 0. The minimum atomic E-state index is -1.42. The van der Waals surface area contributed by atoms with Crippen LogP contribution in [-0.2, 0) is 31.9 Å². The van der Waals surface area contributed by atoms with Crippen LogP contribution in [0.4, 0.5) is 32.3 Å². The Morgan fingerprint density at radius 2 is 1.14 bits per heavy atom. The molecule has 5 aromatic rings. The number of hydrogen-bond donors (Lipinski definition) is 5. The number of benzene rings is 4. The Labute approximate surface area is 413 Å². The quantitative estimate of drug-likeness (QED) is 0.0621. The Hall–Kier alpha value is -5.81. The number of aromatic nitrogens is 1. The second kappa shape index (κ2) is 26.8. The van der Waals surface area contributed by atoms with E-state index in [1.54, 1.807) is 53.7 Å². The molecule has 3 heterocycles. The molecule has 3 atom stereocenters. The Morgan fingerprint density at radius 1 is 0.738 bits per heavy atom. The maximum absolute atomic E-state index is 12.7. The summed E-state index contributed by atoms with van der Waals surface area (Å²) in [6.07, 6.45) is -1.81. The summed E-state index contributed by atoms with van der Waals surface area (Å²) in [5.74, 6) is 3.78. The maximum atomic E-state index is 12.7. The van der Waals surface area contributed by atoms with Crippen LogP contribution in [-0.4, -0.2) is 66.6 Å². The normalized spacial score (nSPS) is 15.7. The van der Waals surface area contributed by atoms with Gasteiger partial charge in [0.2, 0.25) is 0 Å².